The number of nitrogens with one attached hydrogen (secondary N) is 1. The highest BCUT2D eigenvalue weighted by atomic mass is 16.3. The number of oxazole rings is 1. The molecular formula is C18H19N3O2. The standard InChI is InChI=1S/C18H19N3O2/c1-2-3-6-16(22)20-12-13-7-9-14(10-8-13)18-21-17-15(23-18)5-4-11-19-17/h4-5,7-11H,2-3,6,12H2,1H3,(H,20,22). The molecule has 0 atom stereocenters. The molecule has 0 saturated heterocycles. The van der Waals surface area contributed by atoms with Gasteiger partial charge in [0, 0.05) is 24.7 Å². The highest BCUT2D eigenvalue weighted by molar-refractivity contribution is 5.76. The maximum atomic E-state index is 11.6. The van der Waals surface area contributed by atoms with Gasteiger partial charge in [-0.1, -0.05) is 25.5 Å². The molecule has 0 spiro atoms. The summed E-state index contributed by atoms with van der Waals surface area (Å²) in [6.45, 7) is 2.62. The van der Waals surface area contributed by atoms with E-state index < -0.39 is 0 Å². The van der Waals surface area contributed by atoms with Crippen molar-refractivity contribution in [2.45, 2.75) is 32.7 Å². The minimum absolute atomic E-state index is 0.0981. The predicted molar refractivity (Wildman–Crippen MR) is 88.6 cm³/mol. The third-order valence-corrected chi connectivity index (χ3v) is 3.61. The third kappa shape index (κ3) is 3.74. The number of fused-ring (bicyclic) bond motifs is 1. The van der Waals surface area contributed by atoms with Crippen molar-refractivity contribution >= 4 is 17.1 Å². The van der Waals surface area contributed by atoms with Crippen LogP contribution in [0.1, 0.15) is 31.7 Å². The van der Waals surface area contributed by atoms with Gasteiger partial charge in [0.1, 0.15) is 0 Å². The van der Waals surface area contributed by atoms with Crippen molar-refractivity contribution in [1.82, 2.24) is 15.3 Å². The molecule has 0 radical (unpaired) electrons. The fourth-order valence-electron chi connectivity index (χ4n) is 2.28. The summed E-state index contributed by atoms with van der Waals surface area (Å²) in [6, 6.07) is 11.5. The van der Waals surface area contributed by atoms with Crippen LogP contribution in [-0.2, 0) is 11.3 Å². The zero-order valence-corrected chi connectivity index (χ0v) is 13.1. The summed E-state index contributed by atoms with van der Waals surface area (Å²) < 4.78 is 5.69. The Bertz CT molecular complexity index is 760. The van der Waals surface area contributed by atoms with Crippen LogP contribution in [0.4, 0.5) is 0 Å². The summed E-state index contributed by atoms with van der Waals surface area (Å²) in [5.41, 5.74) is 3.22. The van der Waals surface area contributed by atoms with Gasteiger partial charge < -0.3 is 9.73 Å². The van der Waals surface area contributed by atoms with Crippen LogP contribution in [0.2, 0.25) is 0 Å². The van der Waals surface area contributed by atoms with Gasteiger partial charge in [0.2, 0.25) is 11.8 Å². The van der Waals surface area contributed by atoms with Crippen LogP contribution in [-0.4, -0.2) is 15.9 Å². The van der Waals surface area contributed by atoms with Crippen LogP contribution >= 0.6 is 0 Å². The van der Waals surface area contributed by atoms with Crippen LogP contribution in [0.15, 0.2) is 47.0 Å². The van der Waals surface area contributed by atoms with Crippen LogP contribution < -0.4 is 5.32 Å². The molecule has 1 N–H and O–H groups in total. The van der Waals surface area contributed by atoms with E-state index in [0.717, 1.165) is 24.0 Å². The Morgan fingerprint density at radius 1 is 1.22 bits per heavy atom. The number of carbonyl (C=O) groups is 1. The summed E-state index contributed by atoms with van der Waals surface area (Å²) in [5, 5.41) is 2.93. The van der Waals surface area contributed by atoms with E-state index in [1.54, 1.807) is 6.20 Å². The average molecular weight is 309 g/mol. The lowest BCUT2D eigenvalue weighted by Crippen LogP contribution is -2.22. The summed E-state index contributed by atoms with van der Waals surface area (Å²) in [5.74, 6) is 0.651. The smallest absolute Gasteiger partial charge is 0.228 e. The molecular weight excluding hydrogens is 290 g/mol. The molecule has 0 unspecified atom stereocenters. The van der Waals surface area contributed by atoms with Gasteiger partial charge in [0.15, 0.2) is 11.2 Å². The molecule has 118 valence electrons. The molecule has 0 aliphatic rings. The molecule has 1 aromatic carbocycles. The van der Waals surface area contributed by atoms with E-state index in [9.17, 15) is 4.79 Å². The topological polar surface area (TPSA) is 68.0 Å². The van der Waals surface area contributed by atoms with E-state index in [4.69, 9.17) is 4.42 Å². The predicted octanol–water partition coefficient (Wildman–Crippen LogP) is 3.70. The van der Waals surface area contributed by atoms with Gasteiger partial charge in [-0.25, -0.2) is 4.98 Å². The second-order valence-corrected chi connectivity index (χ2v) is 5.42. The number of hydrogen-bond acceptors (Lipinski definition) is 4. The zero-order chi connectivity index (χ0) is 16.1. The fourth-order valence-corrected chi connectivity index (χ4v) is 2.28. The second-order valence-electron chi connectivity index (χ2n) is 5.42. The molecule has 0 bridgehead atoms. The van der Waals surface area contributed by atoms with Crippen LogP contribution in [0.3, 0.4) is 0 Å². The first-order valence-electron chi connectivity index (χ1n) is 7.84. The number of aromatic nitrogens is 2. The molecule has 23 heavy (non-hydrogen) atoms. The number of benzene rings is 1. The van der Waals surface area contributed by atoms with E-state index in [1.807, 2.05) is 36.4 Å². The first-order valence-corrected chi connectivity index (χ1v) is 7.84. The van der Waals surface area contributed by atoms with E-state index in [-0.39, 0.29) is 5.91 Å². The molecule has 0 fully saturated rings. The molecule has 5 nitrogen and oxygen atoms in total. The van der Waals surface area contributed by atoms with Crippen molar-refractivity contribution in [3.63, 3.8) is 0 Å². The fraction of sp³-hybridized carbons (Fsp3) is 0.278. The van der Waals surface area contributed by atoms with E-state index >= 15 is 0 Å². The van der Waals surface area contributed by atoms with Gasteiger partial charge >= 0.3 is 0 Å². The van der Waals surface area contributed by atoms with Crippen LogP contribution in [0.25, 0.3) is 22.7 Å². The van der Waals surface area contributed by atoms with Crippen molar-refractivity contribution in [2.24, 2.45) is 0 Å². The number of carbonyl (C=O) groups excluding carboxylic acids is 1. The van der Waals surface area contributed by atoms with Crippen molar-refractivity contribution < 1.29 is 9.21 Å². The first-order chi connectivity index (χ1) is 11.3. The number of pyridine rings is 1. The first kappa shape index (κ1) is 15.2. The molecule has 5 heteroatoms. The summed E-state index contributed by atoms with van der Waals surface area (Å²) in [6.07, 6.45) is 4.24. The summed E-state index contributed by atoms with van der Waals surface area (Å²) >= 11 is 0. The number of unbranched alkanes of at least 4 members (excludes halogenated alkanes) is 1. The highest BCUT2D eigenvalue weighted by Gasteiger charge is 2.08. The zero-order valence-electron chi connectivity index (χ0n) is 13.1. The maximum absolute atomic E-state index is 11.6. The van der Waals surface area contributed by atoms with Gasteiger partial charge in [-0.15, -0.1) is 0 Å². The van der Waals surface area contributed by atoms with Crippen molar-refractivity contribution in [2.75, 3.05) is 0 Å². The van der Waals surface area contributed by atoms with Crippen LogP contribution in [0, 0.1) is 0 Å². The van der Waals surface area contributed by atoms with Gasteiger partial charge in [0.25, 0.3) is 0 Å². The largest absolute Gasteiger partial charge is 0.434 e. The van der Waals surface area contributed by atoms with Gasteiger partial charge in [-0.3, -0.25) is 4.79 Å². The average Bonchev–Trinajstić information content (AvgIpc) is 3.02. The van der Waals surface area contributed by atoms with E-state index in [0.29, 0.717) is 30.1 Å². The molecule has 0 aliphatic heterocycles. The maximum Gasteiger partial charge on any atom is 0.228 e. The molecule has 2 heterocycles. The van der Waals surface area contributed by atoms with Crippen molar-refractivity contribution in [3.05, 3.63) is 48.2 Å². The quantitative estimate of drug-likeness (QED) is 0.754. The third-order valence-electron chi connectivity index (χ3n) is 3.61. The Balaban J connectivity index is 1.66. The number of rotatable bonds is 6. The summed E-state index contributed by atoms with van der Waals surface area (Å²) in [7, 11) is 0. The molecule has 0 aliphatic carbocycles. The minimum Gasteiger partial charge on any atom is -0.434 e. The lowest BCUT2D eigenvalue weighted by molar-refractivity contribution is -0.121. The van der Waals surface area contributed by atoms with E-state index in [1.165, 1.54) is 0 Å². The minimum atomic E-state index is 0.0981. The Hall–Kier alpha value is -2.69. The lowest BCUT2D eigenvalue weighted by atomic mass is 10.1. The Morgan fingerprint density at radius 3 is 2.78 bits per heavy atom. The number of nitrogens with zero attached hydrogens (tertiary/aromatic N) is 2. The molecule has 1 amide bonds. The summed E-state index contributed by atoms with van der Waals surface area (Å²) in [4.78, 5) is 20.2. The normalized spacial score (nSPS) is 10.8. The number of hydrogen-bond donors (Lipinski definition) is 1. The lowest BCUT2D eigenvalue weighted by Gasteiger charge is -2.05. The Kier molecular flexibility index (Phi) is 4.66. The van der Waals surface area contributed by atoms with Gasteiger partial charge in [-0.05, 0) is 36.2 Å². The monoisotopic (exact) mass is 309 g/mol. The highest BCUT2D eigenvalue weighted by Crippen LogP contribution is 2.23. The Labute approximate surface area is 134 Å². The second kappa shape index (κ2) is 7.05. The Morgan fingerprint density at radius 2 is 2.04 bits per heavy atom. The molecule has 3 rings (SSSR count). The van der Waals surface area contributed by atoms with Gasteiger partial charge in [0.05, 0.1) is 0 Å². The molecule has 2 aromatic heterocycles. The van der Waals surface area contributed by atoms with Crippen LogP contribution in [0.5, 0.6) is 0 Å². The number of amides is 1. The van der Waals surface area contributed by atoms with Gasteiger partial charge in [-0.2, -0.15) is 4.98 Å². The molecule has 0 saturated carbocycles. The van der Waals surface area contributed by atoms with Crippen molar-refractivity contribution in [1.29, 1.82) is 0 Å². The SMILES string of the molecule is CCCCC(=O)NCc1ccc(-c2nc3ncccc3o2)cc1. The molecule has 3 aromatic rings. The van der Waals surface area contributed by atoms with Crippen molar-refractivity contribution in [3.8, 4) is 11.5 Å². The van der Waals surface area contributed by atoms with E-state index in [2.05, 4.69) is 22.2 Å².